The molecule has 20 nitrogen and oxygen atoms in total. The molecule has 13 N–H and O–H groups in total. The van der Waals surface area contributed by atoms with E-state index in [9.17, 15) is 43.5 Å². The number of carbonyl (C=O) groups excluding carboxylic acids is 8. The normalized spacial score (nSPS) is 23.3. The molecule has 4 rings (SSSR count). The van der Waals surface area contributed by atoms with Crippen molar-refractivity contribution in [2.24, 2.45) is 17.4 Å². The number of halogens is 1. The number of aliphatic hydroxyl groups is 1. The summed E-state index contributed by atoms with van der Waals surface area (Å²) in [5, 5.41) is 38.6. The third-order valence-electron chi connectivity index (χ3n) is 11.0. The third kappa shape index (κ3) is 17.1. The summed E-state index contributed by atoms with van der Waals surface area (Å²) in [6.45, 7) is 3.46. The van der Waals surface area contributed by atoms with Gasteiger partial charge in [0, 0.05) is 48.0 Å². The summed E-state index contributed by atoms with van der Waals surface area (Å²) in [4.78, 5) is 112. The monoisotopic (exact) mass is 975 g/mol. The molecule has 1 aromatic heterocycles. The zero-order valence-electron chi connectivity index (χ0n) is 37.1. The van der Waals surface area contributed by atoms with E-state index >= 15 is 0 Å². The van der Waals surface area contributed by atoms with Crippen molar-refractivity contribution in [2.75, 3.05) is 31.2 Å². The number of nitrogens with zero attached hydrogens (tertiary/aromatic N) is 1. The maximum absolute atomic E-state index is 14.4. The average molecular weight is 977 g/mol. The van der Waals surface area contributed by atoms with Crippen molar-refractivity contribution in [3.8, 4) is 0 Å². The summed E-state index contributed by atoms with van der Waals surface area (Å²) < 4.78 is 0. The van der Waals surface area contributed by atoms with Gasteiger partial charge in [0.25, 0.3) is 0 Å². The van der Waals surface area contributed by atoms with Gasteiger partial charge in [0.2, 0.25) is 47.3 Å². The van der Waals surface area contributed by atoms with E-state index < -0.39 is 102 Å². The van der Waals surface area contributed by atoms with Gasteiger partial charge in [-0.3, -0.25) is 43.8 Å². The molecule has 2 aliphatic rings. The molecule has 362 valence electrons. The zero-order chi connectivity index (χ0) is 48.3. The van der Waals surface area contributed by atoms with Crippen molar-refractivity contribution in [2.45, 2.75) is 114 Å². The fourth-order valence-corrected chi connectivity index (χ4v) is 9.32. The Balaban J connectivity index is 1.63. The fraction of sp³-hybridized carbons (Fsp3) is 0.558. The summed E-state index contributed by atoms with van der Waals surface area (Å²) in [7, 11) is 0. The van der Waals surface area contributed by atoms with Crippen LogP contribution in [0.4, 0.5) is 0 Å². The van der Waals surface area contributed by atoms with Crippen LogP contribution in [-0.4, -0.2) is 137 Å². The minimum absolute atomic E-state index is 0.0184. The van der Waals surface area contributed by atoms with Gasteiger partial charge in [-0.2, -0.15) is 11.8 Å². The number of nitrogens with one attached hydrogen (secondary N) is 8. The van der Waals surface area contributed by atoms with Crippen LogP contribution in [0.3, 0.4) is 0 Å². The van der Waals surface area contributed by atoms with E-state index in [1.165, 1.54) is 28.0 Å². The number of carbonyl (C=O) groups is 8. The number of amides is 8. The van der Waals surface area contributed by atoms with Crippen molar-refractivity contribution in [3.63, 3.8) is 0 Å². The SMILES string of the molecule is CC(C)[C@@H]1NC(=O)[C@H](Cc2cccs2)NC(=O)[C@H](Cc2ccc(Cl)cc2)NC(=O)CCCSC[C@@H](C(=O)N2CCC[C@H]2C(=O)N[C@H](CO)CCCNC(=N)N)NC(=O)[C@H](CC(N)=O)NC1=O. The zero-order valence-corrected chi connectivity index (χ0v) is 39.5. The van der Waals surface area contributed by atoms with Gasteiger partial charge in [-0.05, 0) is 72.9 Å². The van der Waals surface area contributed by atoms with Crippen LogP contribution in [0.25, 0.3) is 0 Å². The molecule has 3 heterocycles. The number of likely N-dealkylation sites (tertiary alicyclic amines) is 1. The van der Waals surface area contributed by atoms with E-state index in [2.05, 4.69) is 37.2 Å². The second kappa shape index (κ2) is 26.6. The van der Waals surface area contributed by atoms with Crippen LogP contribution in [0.5, 0.6) is 0 Å². The van der Waals surface area contributed by atoms with Gasteiger partial charge in [0.15, 0.2) is 5.96 Å². The number of guanidine groups is 1. The molecule has 7 atom stereocenters. The first-order valence-corrected chi connectivity index (χ1v) is 24.3. The Morgan fingerprint density at radius 3 is 2.24 bits per heavy atom. The van der Waals surface area contributed by atoms with Crippen LogP contribution >= 0.6 is 34.7 Å². The predicted octanol–water partition coefficient (Wildman–Crippen LogP) is -0.600. The van der Waals surface area contributed by atoms with E-state index in [0.29, 0.717) is 55.0 Å². The van der Waals surface area contributed by atoms with Crippen LogP contribution in [0, 0.1) is 11.3 Å². The molecule has 66 heavy (non-hydrogen) atoms. The van der Waals surface area contributed by atoms with E-state index in [0.717, 1.165) is 4.88 Å². The molecule has 0 unspecified atom stereocenters. The highest BCUT2D eigenvalue weighted by Crippen LogP contribution is 2.21. The van der Waals surface area contributed by atoms with E-state index in [-0.39, 0.29) is 44.1 Å². The smallest absolute Gasteiger partial charge is 0.246 e. The summed E-state index contributed by atoms with van der Waals surface area (Å²) >= 11 is 8.71. The lowest BCUT2D eigenvalue weighted by Gasteiger charge is -2.31. The molecule has 8 amide bonds. The van der Waals surface area contributed by atoms with Crippen LogP contribution in [0.1, 0.15) is 69.2 Å². The lowest BCUT2D eigenvalue weighted by molar-refractivity contribution is -0.142. The third-order valence-corrected chi connectivity index (χ3v) is 13.2. The van der Waals surface area contributed by atoms with Crippen LogP contribution in [-0.2, 0) is 51.2 Å². The van der Waals surface area contributed by atoms with E-state index in [4.69, 9.17) is 28.5 Å². The van der Waals surface area contributed by atoms with Crippen LogP contribution < -0.4 is 48.7 Å². The first kappa shape index (κ1) is 53.2. The number of primary amides is 1. The number of thiophene rings is 1. The maximum Gasteiger partial charge on any atom is 0.246 e. The van der Waals surface area contributed by atoms with Gasteiger partial charge in [-0.15, -0.1) is 11.3 Å². The quantitative estimate of drug-likeness (QED) is 0.0606. The molecule has 0 spiro atoms. The Morgan fingerprint density at radius 2 is 1.59 bits per heavy atom. The number of hydrogen-bond donors (Lipinski definition) is 11. The van der Waals surface area contributed by atoms with Crippen molar-refractivity contribution in [1.29, 1.82) is 5.41 Å². The fourth-order valence-electron chi connectivity index (χ4n) is 7.47. The second-order valence-corrected chi connectivity index (χ2v) is 19.2. The molecule has 0 bridgehead atoms. The van der Waals surface area contributed by atoms with Gasteiger partial charge >= 0.3 is 0 Å². The van der Waals surface area contributed by atoms with Gasteiger partial charge in [0.1, 0.15) is 36.3 Å². The van der Waals surface area contributed by atoms with Crippen molar-refractivity contribution in [1.82, 2.24) is 42.1 Å². The van der Waals surface area contributed by atoms with E-state index in [1.54, 1.807) is 50.2 Å². The van der Waals surface area contributed by atoms with Crippen LogP contribution in [0.2, 0.25) is 5.02 Å². The van der Waals surface area contributed by atoms with Gasteiger partial charge in [0.05, 0.1) is 19.1 Å². The largest absolute Gasteiger partial charge is 0.394 e. The lowest BCUT2D eigenvalue weighted by atomic mass is 10.0. The first-order chi connectivity index (χ1) is 31.4. The predicted molar refractivity (Wildman–Crippen MR) is 251 cm³/mol. The number of thioether (sulfide) groups is 1. The Morgan fingerprint density at radius 1 is 0.909 bits per heavy atom. The Kier molecular flexibility index (Phi) is 21.5. The number of benzene rings is 1. The molecule has 1 aromatic carbocycles. The maximum atomic E-state index is 14.4. The molecule has 2 aliphatic heterocycles. The van der Waals surface area contributed by atoms with Gasteiger partial charge in [-0.1, -0.05) is 43.6 Å². The highest BCUT2D eigenvalue weighted by Gasteiger charge is 2.40. The minimum Gasteiger partial charge on any atom is -0.394 e. The highest BCUT2D eigenvalue weighted by molar-refractivity contribution is 7.99. The number of aliphatic hydroxyl groups excluding tert-OH is 1. The lowest BCUT2D eigenvalue weighted by Crippen LogP contribution is -2.61. The highest BCUT2D eigenvalue weighted by atomic mass is 35.5. The Labute approximate surface area is 397 Å². The number of rotatable bonds is 15. The molecule has 0 aliphatic carbocycles. The average Bonchev–Trinajstić information content (AvgIpc) is 3.98. The topological polar surface area (TPSA) is 320 Å². The van der Waals surface area contributed by atoms with E-state index in [1.807, 2.05) is 5.38 Å². The van der Waals surface area contributed by atoms with Crippen molar-refractivity contribution >= 4 is 87.9 Å². The molecule has 23 heteroatoms. The second-order valence-electron chi connectivity index (χ2n) is 16.6. The van der Waals surface area contributed by atoms with Crippen molar-refractivity contribution < 1.29 is 43.5 Å². The molecule has 2 saturated heterocycles. The first-order valence-electron chi connectivity index (χ1n) is 21.9. The summed E-state index contributed by atoms with van der Waals surface area (Å²) in [6, 6.07) is 2.27. The van der Waals surface area contributed by atoms with Gasteiger partial charge in [-0.25, -0.2) is 0 Å². The van der Waals surface area contributed by atoms with Gasteiger partial charge < -0.3 is 58.7 Å². The number of hydrogen-bond acceptors (Lipinski definition) is 12. The molecule has 0 saturated carbocycles. The van der Waals surface area contributed by atoms with Crippen LogP contribution in [0.15, 0.2) is 41.8 Å². The summed E-state index contributed by atoms with van der Waals surface area (Å²) in [5.41, 5.74) is 11.6. The Bertz CT molecular complexity index is 2010. The minimum atomic E-state index is -1.58. The molecule has 2 aromatic rings. The number of nitrogens with two attached hydrogens (primary N) is 2. The van der Waals surface area contributed by atoms with Crippen molar-refractivity contribution in [3.05, 3.63) is 57.2 Å². The molecule has 2 fully saturated rings. The Hall–Kier alpha value is -5.45. The molecular weight excluding hydrogens is 914 g/mol. The summed E-state index contributed by atoms with van der Waals surface area (Å²) in [5.74, 6) is -6.13. The molecular formula is C43H62ClN11O9S2. The molecule has 0 radical (unpaired) electrons. The summed E-state index contributed by atoms with van der Waals surface area (Å²) in [6.07, 6.45) is 1.33. The standard InChI is InChI=1S/C43H62ClN11O9S2/c1-24(2)36-41(63)52-31(21-34(45)57)38(60)53-32(42(64)55-16-4-9-33(55)40(62)49-27(22-56)7-3-15-48-43(46)47)23-65-17-6-10-35(58)50-29(19-25-11-13-26(44)14-12-25)37(59)51-30(39(61)54-36)20-28-8-5-18-66-28/h5,8,11-14,18,24,27,29-33,36,56H,3-4,6-7,9-10,15-17,19-23H2,1-2H3,(H2,45,57)(H,49,62)(H,50,58)(H,51,59)(H,52,63)(H,53,60)(H,54,61)(H4,46,47,48)/t27-,29-,30-,31-,32-,33-,36-/m0/s1.